The number of allylic oxidation sites excluding steroid dienone is 3. The Morgan fingerprint density at radius 1 is 1.47 bits per heavy atom. The van der Waals surface area contributed by atoms with Crippen LogP contribution in [0.2, 0.25) is 0 Å². The summed E-state index contributed by atoms with van der Waals surface area (Å²) in [7, 11) is 0. The molecule has 1 saturated carbocycles. The first-order valence-electron chi connectivity index (χ1n) is 7.74. The monoisotopic (exact) mass is 260 g/mol. The average Bonchev–Trinajstić information content (AvgIpc) is 2.30. The van der Waals surface area contributed by atoms with E-state index in [4.69, 9.17) is 0 Å². The minimum absolute atomic E-state index is 0.200. The lowest BCUT2D eigenvalue weighted by Crippen LogP contribution is -2.42. The van der Waals surface area contributed by atoms with Crippen molar-refractivity contribution in [2.24, 2.45) is 23.2 Å². The highest BCUT2D eigenvalue weighted by Gasteiger charge is 2.46. The van der Waals surface area contributed by atoms with Gasteiger partial charge in [-0.3, -0.25) is 4.79 Å². The summed E-state index contributed by atoms with van der Waals surface area (Å²) in [6, 6.07) is 0. The molecule has 1 heteroatoms. The van der Waals surface area contributed by atoms with Gasteiger partial charge in [-0.25, -0.2) is 0 Å². The minimum atomic E-state index is 0.200. The zero-order valence-electron chi connectivity index (χ0n) is 13.0. The van der Waals surface area contributed by atoms with Gasteiger partial charge in [0.05, 0.1) is 0 Å². The number of hydrogen-bond acceptors (Lipinski definition) is 1. The van der Waals surface area contributed by atoms with Crippen molar-refractivity contribution >= 4 is 5.78 Å². The molecule has 1 fully saturated rings. The lowest BCUT2D eigenvalue weighted by molar-refractivity contribution is -0.120. The first-order valence-corrected chi connectivity index (χ1v) is 7.74. The molecule has 0 spiro atoms. The average molecular weight is 260 g/mol. The van der Waals surface area contributed by atoms with E-state index in [1.54, 1.807) is 0 Å². The third kappa shape index (κ3) is 2.70. The molecule has 0 heterocycles. The number of carbonyl (C=O) groups excluding carboxylic acids is 1. The van der Waals surface area contributed by atoms with E-state index in [0.717, 1.165) is 25.2 Å². The molecule has 0 bridgehead atoms. The lowest BCUT2D eigenvalue weighted by atomic mass is 9.54. The summed E-state index contributed by atoms with van der Waals surface area (Å²) >= 11 is 0. The van der Waals surface area contributed by atoms with Crippen LogP contribution in [0.1, 0.15) is 59.8 Å². The Bertz CT molecular complexity index is 417. The van der Waals surface area contributed by atoms with E-state index < -0.39 is 0 Å². The molecule has 1 nitrogen and oxygen atoms in total. The minimum Gasteiger partial charge on any atom is -0.295 e. The molecule has 0 N–H and O–H groups in total. The molecule has 0 amide bonds. The van der Waals surface area contributed by atoms with E-state index in [2.05, 4.69) is 34.3 Å². The summed E-state index contributed by atoms with van der Waals surface area (Å²) in [5.74, 6) is 2.02. The molecule has 0 saturated heterocycles. The van der Waals surface area contributed by atoms with Crippen molar-refractivity contribution in [3.8, 4) is 0 Å². The highest BCUT2D eigenvalue weighted by atomic mass is 16.1. The second kappa shape index (κ2) is 5.26. The lowest BCUT2D eigenvalue weighted by Gasteiger charge is -2.50. The zero-order chi connectivity index (χ0) is 14.2. The van der Waals surface area contributed by atoms with E-state index in [1.807, 2.05) is 6.08 Å². The molecule has 2 aliphatic carbocycles. The number of carbonyl (C=O) groups is 1. The fourth-order valence-electron chi connectivity index (χ4n) is 4.31. The second-order valence-electron chi connectivity index (χ2n) is 7.21. The Kier molecular flexibility index (Phi) is 4.03. The summed E-state index contributed by atoms with van der Waals surface area (Å²) in [6.45, 7) is 13.1. The topological polar surface area (TPSA) is 17.1 Å². The van der Waals surface area contributed by atoms with Gasteiger partial charge in [-0.05, 0) is 62.4 Å². The normalized spacial score (nSPS) is 38.6. The van der Waals surface area contributed by atoms with Gasteiger partial charge in [0, 0.05) is 5.92 Å². The molecule has 0 radical (unpaired) electrons. The molecule has 106 valence electrons. The summed E-state index contributed by atoms with van der Waals surface area (Å²) in [5, 5.41) is 0. The van der Waals surface area contributed by atoms with Gasteiger partial charge in [-0.2, -0.15) is 0 Å². The maximum absolute atomic E-state index is 12.0. The van der Waals surface area contributed by atoms with Gasteiger partial charge in [0.1, 0.15) is 0 Å². The van der Waals surface area contributed by atoms with E-state index >= 15 is 0 Å². The number of hydrogen-bond donors (Lipinski definition) is 0. The summed E-state index contributed by atoms with van der Waals surface area (Å²) in [4.78, 5) is 12.0. The third-order valence-electron chi connectivity index (χ3n) is 5.52. The van der Waals surface area contributed by atoms with Gasteiger partial charge in [-0.15, -0.1) is 6.58 Å². The maximum Gasteiger partial charge on any atom is 0.158 e. The fraction of sp³-hybridized carbons (Fsp3) is 0.722. The van der Waals surface area contributed by atoms with Crippen molar-refractivity contribution in [1.82, 2.24) is 0 Å². The van der Waals surface area contributed by atoms with Crippen molar-refractivity contribution < 1.29 is 4.79 Å². The first kappa shape index (κ1) is 14.6. The van der Waals surface area contributed by atoms with Crippen molar-refractivity contribution in [1.29, 1.82) is 0 Å². The van der Waals surface area contributed by atoms with Crippen LogP contribution in [0.4, 0.5) is 0 Å². The van der Waals surface area contributed by atoms with Crippen LogP contribution in [0.15, 0.2) is 23.8 Å². The standard InChI is InChI=1S/C18H28O/c1-12(2)6-9-16-13(3)7-8-15-10-17(19)14(4)11-18(15,16)5/h10,13-14,16H,1,6-9,11H2,2-5H3/t13-,14+,16+,18+/m0/s1. The number of rotatable bonds is 3. The SMILES string of the molecule is C=C(C)CC[C@@H]1[C@@H](C)CCC2=CC(=O)[C@H](C)C[C@]21C. The van der Waals surface area contributed by atoms with E-state index in [1.165, 1.54) is 24.0 Å². The Morgan fingerprint density at radius 3 is 2.79 bits per heavy atom. The maximum atomic E-state index is 12.0. The van der Waals surface area contributed by atoms with Crippen molar-refractivity contribution in [3.63, 3.8) is 0 Å². The van der Waals surface area contributed by atoms with Crippen LogP contribution in [0, 0.1) is 23.2 Å². The largest absolute Gasteiger partial charge is 0.295 e. The second-order valence-corrected chi connectivity index (χ2v) is 7.21. The molecular weight excluding hydrogens is 232 g/mol. The van der Waals surface area contributed by atoms with Crippen LogP contribution in [-0.4, -0.2) is 5.78 Å². The Hall–Kier alpha value is -0.850. The Balaban J connectivity index is 2.27. The molecule has 19 heavy (non-hydrogen) atoms. The van der Waals surface area contributed by atoms with Crippen LogP contribution in [0.5, 0.6) is 0 Å². The molecule has 2 rings (SSSR count). The van der Waals surface area contributed by atoms with Crippen molar-refractivity contribution in [3.05, 3.63) is 23.8 Å². The van der Waals surface area contributed by atoms with Gasteiger partial charge < -0.3 is 0 Å². The first-order chi connectivity index (χ1) is 8.84. The smallest absolute Gasteiger partial charge is 0.158 e. The molecule has 0 aromatic carbocycles. The van der Waals surface area contributed by atoms with Crippen LogP contribution in [0.25, 0.3) is 0 Å². The molecule has 0 aromatic heterocycles. The number of fused-ring (bicyclic) bond motifs is 1. The number of ketones is 1. The summed E-state index contributed by atoms with van der Waals surface area (Å²) in [5.41, 5.74) is 2.97. The van der Waals surface area contributed by atoms with Crippen molar-refractivity contribution in [2.45, 2.75) is 59.8 Å². The van der Waals surface area contributed by atoms with E-state index in [9.17, 15) is 4.79 Å². The zero-order valence-corrected chi connectivity index (χ0v) is 13.0. The molecule has 0 aromatic rings. The Morgan fingerprint density at radius 2 is 2.16 bits per heavy atom. The molecule has 4 atom stereocenters. The molecule has 2 aliphatic rings. The van der Waals surface area contributed by atoms with Gasteiger partial charge >= 0.3 is 0 Å². The third-order valence-corrected chi connectivity index (χ3v) is 5.52. The van der Waals surface area contributed by atoms with Gasteiger partial charge in [0.2, 0.25) is 0 Å². The summed E-state index contributed by atoms with van der Waals surface area (Å²) in [6.07, 6.45) is 7.74. The van der Waals surface area contributed by atoms with Crippen molar-refractivity contribution in [2.75, 3.05) is 0 Å². The van der Waals surface area contributed by atoms with Gasteiger partial charge in [0.15, 0.2) is 5.78 Å². The van der Waals surface area contributed by atoms with Crippen LogP contribution in [-0.2, 0) is 4.79 Å². The van der Waals surface area contributed by atoms with E-state index in [-0.39, 0.29) is 11.3 Å². The predicted molar refractivity (Wildman–Crippen MR) is 80.9 cm³/mol. The Labute approximate surface area is 118 Å². The summed E-state index contributed by atoms with van der Waals surface area (Å²) < 4.78 is 0. The highest BCUT2D eigenvalue weighted by molar-refractivity contribution is 5.93. The van der Waals surface area contributed by atoms with Crippen LogP contribution >= 0.6 is 0 Å². The molecular formula is C18H28O. The van der Waals surface area contributed by atoms with Gasteiger partial charge in [-0.1, -0.05) is 31.9 Å². The highest BCUT2D eigenvalue weighted by Crippen LogP contribution is 2.55. The van der Waals surface area contributed by atoms with Gasteiger partial charge in [0.25, 0.3) is 0 Å². The van der Waals surface area contributed by atoms with E-state index in [0.29, 0.717) is 11.7 Å². The van der Waals surface area contributed by atoms with Crippen LogP contribution < -0.4 is 0 Å². The fourth-order valence-corrected chi connectivity index (χ4v) is 4.31. The van der Waals surface area contributed by atoms with Crippen LogP contribution in [0.3, 0.4) is 0 Å². The predicted octanol–water partition coefficient (Wildman–Crippen LogP) is 4.93. The molecule has 0 unspecified atom stereocenters. The quantitative estimate of drug-likeness (QED) is 0.657. The molecule has 0 aliphatic heterocycles.